The summed E-state index contributed by atoms with van der Waals surface area (Å²) in [6.07, 6.45) is 11.4. The van der Waals surface area contributed by atoms with Crippen LogP contribution in [0.5, 0.6) is 0 Å². The zero-order valence-electron chi connectivity index (χ0n) is 14.4. The molecule has 1 saturated carbocycles. The molecule has 0 radical (unpaired) electrons. The van der Waals surface area contributed by atoms with E-state index in [-0.39, 0.29) is 5.54 Å². The quantitative estimate of drug-likeness (QED) is 0.813. The maximum absolute atomic E-state index is 6.71. The molecule has 0 bridgehead atoms. The number of nitrogens with zero attached hydrogens (tertiary/aromatic N) is 2. The third-order valence-corrected chi connectivity index (χ3v) is 5.34. The Labute approximate surface area is 130 Å². The van der Waals surface area contributed by atoms with Crippen LogP contribution >= 0.6 is 0 Å². The molecule has 2 N–H and O–H groups in total. The Morgan fingerprint density at radius 2 is 1.90 bits per heavy atom. The standard InChI is InChI=1S/C18H33N3/c1-5-16(6-2)21-13-8-15(20-21)14-18(19)10-7-9-17(3,4)11-12-18/h8,13,16H,5-7,9-12,14,19H2,1-4H3. The first-order valence-electron chi connectivity index (χ1n) is 8.70. The Morgan fingerprint density at radius 1 is 1.19 bits per heavy atom. The van der Waals surface area contributed by atoms with Gasteiger partial charge in [0.2, 0.25) is 0 Å². The maximum Gasteiger partial charge on any atom is 0.0643 e. The SMILES string of the molecule is CCC(CC)n1ccc(CC2(N)CCCC(C)(C)CC2)n1. The molecular weight excluding hydrogens is 258 g/mol. The number of rotatable bonds is 5. The molecule has 1 aromatic rings. The Balaban J connectivity index is 2.03. The molecule has 1 fully saturated rings. The van der Waals surface area contributed by atoms with Crippen LogP contribution in [0.2, 0.25) is 0 Å². The van der Waals surface area contributed by atoms with Crippen LogP contribution in [0.3, 0.4) is 0 Å². The molecule has 1 atom stereocenters. The molecule has 1 aromatic heterocycles. The van der Waals surface area contributed by atoms with Crippen molar-refractivity contribution in [2.24, 2.45) is 11.1 Å². The molecule has 1 heterocycles. The fraction of sp³-hybridized carbons (Fsp3) is 0.833. The van der Waals surface area contributed by atoms with Crippen LogP contribution in [0.15, 0.2) is 12.3 Å². The smallest absolute Gasteiger partial charge is 0.0643 e. The van der Waals surface area contributed by atoms with Gasteiger partial charge in [-0.15, -0.1) is 0 Å². The number of nitrogens with two attached hydrogens (primary N) is 1. The lowest BCUT2D eigenvalue weighted by Gasteiger charge is -2.28. The molecule has 2 rings (SSSR count). The summed E-state index contributed by atoms with van der Waals surface area (Å²) in [4.78, 5) is 0. The van der Waals surface area contributed by atoms with E-state index in [1.54, 1.807) is 0 Å². The highest BCUT2D eigenvalue weighted by molar-refractivity contribution is 5.07. The average Bonchev–Trinajstić information content (AvgIpc) is 2.80. The van der Waals surface area contributed by atoms with Gasteiger partial charge in [0, 0.05) is 18.2 Å². The highest BCUT2D eigenvalue weighted by Gasteiger charge is 2.33. The lowest BCUT2D eigenvalue weighted by molar-refractivity contribution is 0.296. The second-order valence-corrected chi connectivity index (χ2v) is 7.81. The largest absolute Gasteiger partial charge is 0.325 e. The molecule has 120 valence electrons. The first-order valence-corrected chi connectivity index (χ1v) is 8.70. The third kappa shape index (κ3) is 4.32. The summed E-state index contributed by atoms with van der Waals surface area (Å²) < 4.78 is 2.14. The molecule has 0 amide bonds. The van der Waals surface area contributed by atoms with Gasteiger partial charge in [0.25, 0.3) is 0 Å². The van der Waals surface area contributed by atoms with E-state index in [0.717, 1.165) is 32.1 Å². The van der Waals surface area contributed by atoms with Gasteiger partial charge in [0.1, 0.15) is 0 Å². The van der Waals surface area contributed by atoms with Gasteiger partial charge in [0.15, 0.2) is 0 Å². The van der Waals surface area contributed by atoms with Crippen molar-refractivity contribution in [2.75, 3.05) is 0 Å². The summed E-state index contributed by atoms with van der Waals surface area (Å²) >= 11 is 0. The molecule has 3 heteroatoms. The van der Waals surface area contributed by atoms with Crippen LogP contribution in [0.1, 0.15) is 84.4 Å². The third-order valence-electron chi connectivity index (χ3n) is 5.34. The summed E-state index contributed by atoms with van der Waals surface area (Å²) in [5, 5.41) is 4.80. The van der Waals surface area contributed by atoms with E-state index in [2.05, 4.69) is 44.6 Å². The van der Waals surface area contributed by atoms with Gasteiger partial charge >= 0.3 is 0 Å². The van der Waals surface area contributed by atoms with Gasteiger partial charge in [-0.1, -0.05) is 34.1 Å². The van der Waals surface area contributed by atoms with Crippen molar-refractivity contribution in [1.82, 2.24) is 9.78 Å². The molecule has 1 aliphatic carbocycles. The highest BCUT2D eigenvalue weighted by Crippen LogP contribution is 2.38. The average molecular weight is 291 g/mol. The molecular formula is C18H33N3. The minimum absolute atomic E-state index is 0.0547. The van der Waals surface area contributed by atoms with Gasteiger partial charge in [-0.3, -0.25) is 4.68 Å². The van der Waals surface area contributed by atoms with Gasteiger partial charge in [0.05, 0.1) is 11.7 Å². The predicted octanol–water partition coefficient (Wildman–Crippen LogP) is 4.47. The summed E-state index contributed by atoms with van der Waals surface area (Å²) in [5.74, 6) is 0. The Hall–Kier alpha value is -0.830. The van der Waals surface area contributed by atoms with Gasteiger partial charge in [-0.25, -0.2) is 0 Å². The van der Waals surface area contributed by atoms with Gasteiger partial charge in [-0.2, -0.15) is 5.10 Å². The molecule has 3 nitrogen and oxygen atoms in total. The minimum Gasteiger partial charge on any atom is -0.325 e. The summed E-state index contributed by atoms with van der Waals surface area (Å²) in [6.45, 7) is 9.21. The van der Waals surface area contributed by atoms with E-state index >= 15 is 0 Å². The van der Waals surface area contributed by atoms with E-state index in [1.807, 2.05) is 0 Å². The topological polar surface area (TPSA) is 43.8 Å². The van der Waals surface area contributed by atoms with Gasteiger partial charge < -0.3 is 5.73 Å². The van der Waals surface area contributed by atoms with E-state index < -0.39 is 0 Å². The summed E-state index contributed by atoms with van der Waals surface area (Å²) in [7, 11) is 0. The Bertz CT molecular complexity index is 445. The highest BCUT2D eigenvalue weighted by atomic mass is 15.3. The van der Waals surface area contributed by atoms with E-state index in [1.165, 1.54) is 25.0 Å². The first kappa shape index (κ1) is 16.5. The molecule has 1 aliphatic rings. The van der Waals surface area contributed by atoms with Crippen molar-refractivity contribution in [3.8, 4) is 0 Å². The van der Waals surface area contributed by atoms with Crippen molar-refractivity contribution < 1.29 is 0 Å². The van der Waals surface area contributed by atoms with Crippen molar-refractivity contribution in [3.63, 3.8) is 0 Å². The van der Waals surface area contributed by atoms with Crippen molar-refractivity contribution in [2.45, 2.75) is 90.6 Å². The molecule has 0 spiro atoms. The Morgan fingerprint density at radius 3 is 2.57 bits per heavy atom. The molecule has 0 saturated heterocycles. The summed E-state index contributed by atoms with van der Waals surface area (Å²) in [6, 6.07) is 2.70. The Kier molecular flexibility index (Phi) is 5.13. The molecule has 1 unspecified atom stereocenters. The zero-order chi connectivity index (χ0) is 15.5. The van der Waals surface area contributed by atoms with Crippen LogP contribution in [0, 0.1) is 5.41 Å². The van der Waals surface area contributed by atoms with E-state index in [4.69, 9.17) is 10.8 Å². The van der Waals surface area contributed by atoms with Crippen LogP contribution < -0.4 is 5.73 Å². The maximum atomic E-state index is 6.71. The monoisotopic (exact) mass is 291 g/mol. The zero-order valence-corrected chi connectivity index (χ0v) is 14.4. The molecule has 21 heavy (non-hydrogen) atoms. The minimum atomic E-state index is -0.0547. The van der Waals surface area contributed by atoms with Gasteiger partial charge in [-0.05, 0) is 50.0 Å². The van der Waals surface area contributed by atoms with E-state index in [0.29, 0.717) is 11.5 Å². The van der Waals surface area contributed by atoms with Crippen LogP contribution in [0.4, 0.5) is 0 Å². The van der Waals surface area contributed by atoms with E-state index in [9.17, 15) is 0 Å². The number of hydrogen-bond donors (Lipinski definition) is 1. The lowest BCUT2D eigenvalue weighted by Crippen LogP contribution is -2.41. The first-order chi connectivity index (χ1) is 9.87. The second-order valence-electron chi connectivity index (χ2n) is 7.81. The van der Waals surface area contributed by atoms with Crippen LogP contribution in [-0.2, 0) is 6.42 Å². The molecule has 0 aromatic carbocycles. The number of hydrogen-bond acceptors (Lipinski definition) is 2. The normalized spacial score (nSPS) is 26.0. The fourth-order valence-corrected chi connectivity index (χ4v) is 3.63. The fourth-order valence-electron chi connectivity index (χ4n) is 3.63. The molecule has 0 aliphatic heterocycles. The lowest BCUT2D eigenvalue weighted by atomic mass is 9.82. The van der Waals surface area contributed by atoms with Crippen LogP contribution in [-0.4, -0.2) is 15.3 Å². The van der Waals surface area contributed by atoms with Crippen molar-refractivity contribution in [1.29, 1.82) is 0 Å². The number of aromatic nitrogens is 2. The van der Waals surface area contributed by atoms with Crippen molar-refractivity contribution in [3.05, 3.63) is 18.0 Å². The van der Waals surface area contributed by atoms with Crippen LogP contribution in [0.25, 0.3) is 0 Å². The van der Waals surface area contributed by atoms with Crippen molar-refractivity contribution >= 4 is 0 Å². The predicted molar refractivity (Wildman–Crippen MR) is 89.3 cm³/mol. The summed E-state index contributed by atoms with van der Waals surface area (Å²) in [5.41, 5.74) is 8.28. The second kappa shape index (κ2) is 6.51.